The van der Waals surface area contributed by atoms with Gasteiger partial charge in [0.15, 0.2) is 5.75 Å². The van der Waals surface area contributed by atoms with Gasteiger partial charge in [0.1, 0.15) is 5.76 Å². The first kappa shape index (κ1) is 18.5. The molecule has 0 bridgehead atoms. The number of para-hydroxylation sites is 1. The minimum Gasteiger partial charge on any atom is -0.311 e. The quantitative estimate of drug-likeness (QED) is 0.222. The summed E-state index contributed by atoms with van der Waals surface area (Å²) >= 11 is 0. The fraction of sp³-hybridized carbons (Fsp3) is 0.529. The topological polar surface area (TPSA) is 46.2 Å². The van der Waals surface area contributed by atoms with E-state index in [4.69, 9.17) is 9.78 Å². The van der Waals surface area contributed by atoms with Crippen molar-refractivity contribution in [3.63, 3.8) is 0 Å². The standard InChI is InChI=1S/C17H26O5/c1-4-6-11-15(3)17(14-7-5-2)19-21-22-20-18-16-12-9-8-10-13-16/h8-10,12-13H,4-7,11,14H2,1-3H3. The van der Waals surface area contributed by atoms with Crippen LogP contribution in [-0.2, 0) is 20.0 Å². The molecule has 5 heteroatoms. The number of hydrogen-bond donors (Lipinski definition) is 0. The molecule has 0 amide bonds. The summed E-state index contributed by atoms with van der Waals surface area (Å²) in [6, 6.07) is 8.96. The Kier molecular flexibility index (Phi) is 10.1. The summed E-state index contributed by atoms with van der Waals surface area (Å²) in [4.78, 5) is 10.0. The molecule has 0 unspecified atom stereocenters. The Labute approximate surface area is 132 Å². The highest BCUT2D eigenvalue weighted by atomic mass is 17.8. The Balaban J connectivity index is 2.30. The van der Waals surface area contributed by atoms with Crippen molar-refractivity contribution in [1.82, 2.24) is 0 Å². The van der Waals surface area contributed by atoms with E-state index < -0.39 is 0 Å². The van der Waals surface area contributed by atoms with Crippen LogP contribution >= 0.6 is 0 Å². The van der Waals surface area contributed by atoms with Gasteiger partial charge in [0, 0.05) is 21.5 Å². The molecule has 1 rings (SSSR count). The Morgan fingerprint density at radius 1 is 0.864 bits per heavy atom. The largest absolute Gasteiger partial charge is 0.311 e. The molecule has 1 aromatic carbocycles. The van der Waals surface area contributed by atoms with E-state index in [1.807, 2.05) is 25.1 Å². The first-order chi connectivity index (χ1) is 10.8. The van der Waals surface area contributed by atoms with Gasteiger partial charge in [-0.25, -0.2) is 0 Å². The lowest BCUT2D eigenvalue weighted by Gasteiger charge is -2.10. The van der Waals surface area contributed by atoms with E-state index in [1.165, 1.54) is 5.57 Å². The predicted octanol–water partition coefficient (Wildman–Crippen LogP) is 5.45. The van der Waals surface area contributed by atoms with Gasteiger partial charge in [0.05, 0.1) is 0 Å². The third kappa shape index (κ3) is 8.02. The third-order valence-corrected chi connectivity index (χ3v) is 3.20. The Morgan fingerprint density at radius 3 is 2.23 bits per heavy atom. The highest BCUT2D eigenvalue weighted by Crippen LogP contribution is 2.19. The van der Waals surface area contributed by atoms with Gasteiger partial charge in [-0.3, -0.25) is 0 Å². The van der Waals surface area contributed by atoms with Crippen LogP contribution in [0.15, 0.2) is 41.7 Å². The van der Waals surface area contributed by atoms with Gasteiger partial charge in [-0.2, -0.15) is 0 Å². The lowest BCUT2D eigenvalue weighted by atomic mass is 10.1. The van der Waals surface area contributed by atoms with Gasteiger partial charge >= 0.3 is 0 Å². The Hall–Kier alpha value is -1.56. The van der Waals surface area contributed by atoms with E-state index in [-0.39, 0.29) is 0 Å². The van der Waals surface area contributed by atoms with Gasteiger partial charge in [0.25, 0.3) is 0 Å². The molecule has 0 fully saturated rings. The molecule has 0 saturated carbocycles. The summed E-state index contributed by atoms with van der Waals surface area (Å²) < 4.78 is 0. The van der Waals surface area contributed by atoms with Crippen molar-refractivity contribution >= 4 is 0 Å². The van der Waals surface area contributed by atoms with E-state index in [0.29, 0.717) is 5.75 Å². The lowest BCUT2D eigenvalue weighted by molar-refractivity contribution is -0.685. The second kappa shape index (κ2) is 12.0. The molecule has 1 aromatic rings. The molecule has 0 aromatic heterocycles. The van der Waals surface area contributed by atoms with E-state index in [0.717, 1.165) is 44.3 Å². The summed E-state index contributed by atoms with van der Waals surface area (Å²) in [6.07, 6.45) is 6.18. The number of benzene rings is 1. The SMILES string of the molecule is CCCCC(C)=C(CCCC)OOOOOc1ccccc1. The van der Waals surface area contributed by atoms with Gasteiger partial charge in [-0.1, -0.05) is 44.9 Å². The van der Waals surface area contributed by atoms with Crippen LogP contribution in [0.2, 0.25) is 0 Å². The third-order valence-electron chi connectivity index (χ3n) is 3.20. The van der Waals surface area contributed by atoms with Crippen molar-refractivity contribution in [2.75, 3.05) is 0 Å². The summed E-state index contributed by atoms with van der Waals surface area (Å²) in [5.74, 6) is 1.30. The van der Waals surface area contributed by atoms with Crippen molar-refractivity contribution in [1.29, 1.82) is 0 Å². The maximum atomic E-state index is 5.19. The first-order valence-electron chi connectivity index (χ1n) is 7.86. The van der Waals surface area contributed by atoms with E-state index >= 15 is 0 Å². The Morgan fingerprint density at radius 2 is 1.55 bits per heavy atom. The van der Waals surface area contributed by atoms with Gasteiger partial charge in [0.2, 0.25) is 0 Å². The molecule has 22 heavy (non-hydrogen) atoms. The number of rotatable bonds is 12. The van der Waals surface area contributed by atoms with E-state index in [2.05, 4.69) is 29.0 Å². The number of unbranched alkanes of at least 4 members (excludes halogenated alkanes) is 2. The van der Waals surface area contributed by atoms with Crippen molar-refractivity contribution in [2.24, 2.45) is 0 Å². The van der Waals surface area contributed by atoms with Gasteiger partial charge in [-0.05, 0) is 43.9 Å². The van der Waals surface area contributed by atoms with Crippen molar-refractivity contribution in [3.05, 3.63) is 41.7 Å². The minimum atomic E-state index is 0.506. The zero-order chi connectivity index (χ0) is 16.0. The first-order valence-corrected chi connectivity index (χ1v) is 7.86. The molecule has 0 aliphatic rings. The van der Waals surface area contributed by atoms with E-state index in [1.54, 1.807) is 12.1 Å². The second-order valence-electron chi connectivity index (χ2n) is 5.09. The normalized spacial score (nSPS) is 12.0. The summed E-state index contributed by atoms with van der Waals surface area (Å²) in [7, 11) is 0. The maximum absolute atomic E-state index is 5.19. The molecule has 0 N–H and O–H groups in total. The molecule has 0 radical (unpaired) electrons. The monoisotopic (exact) mass is 310 g/mol. The molecular weight excluding hydrogens is 284 g/mol. The molecular formula is C17H26O5. The van der Waals surface area contributed by atoms with Crippen LogP contribution in [0.25, 0.3) is 0 Å². The van der Waals surface area contributed by atoms with Crippen molar-refractivity contribution < 1.29 is 24.9 Å². The average molecular weight is 310 g/mol. The molecule has 124 valence electrons. The molecule has 0 aliphatic carbocycles. The average Bonchev–Trinajstić information content (AvgIpc) is 2.56. The highest BCUT2D eigenvalue weighted by molar-refractivity contribution is 5.19. The minimum absolute atomic E-state index is 0.506. The number of allylic oxidation sites excluding steroid dienone is 2. The van der Waals surface area contributed by atoms with Crippen LogP contribution in [0.3, 0.4) is 0 Å². The molecule has 5 nitrogen and oxygen atoms in total. The molecule has 0 heterocycles. The Bertz CT molecular complexity index is 416. The van der Waals surface area contributed by atoms with Crippen LogP contribution < -0.4 is 4.89 Å². The van der Waals surface area contributed by atoms with Crippen LogP contribution in [0, 0.1) is 0 Å². The van der Waals surface area contributed by atoms with Crippen LogP contribution in [0.1, 0.15) is 59.3 Å². The highest BCUT2D eigenvalue weighted by Gasteiger charge is 2.07. The molecule has 0 saturated heterocycles. The van der Waals surface area contributed by atoms with Gasteiger partial charge in [-0.15, -0.1) is 0 Å². The summed E-state index contributed by atoms with van der Waals surface area (Å²) in [5.41, 5.74) is 1.17. The lowest BCUT2D eigenvalue weighted by Crippen LogP contribution is -2.03. The maximum Gasteiger partial charge on any atom is 0.168 e. The fourth-order valence-electron chi connectivity index (χ4n) is 1.84. The van der Waals surface area contributed by atoms with Crippen LogP contribution in [-0.4, -0.2) is 0 Å². The molecule has 0 spiro atoms. The molecule has 0 atom stereocenters. The van der Waals surface area contributed by atoms with Crippen molar-refractivity contribution in [2.45, 2.75) is 59.3 Å². The second-order valence-corrected chi connectivity index (χ2v) is 5.09. The van der Waals surface area contributed by atoms with E-state index in [9.17, 15) is 0 Å². The van der Waals surface area contributed by atoms with Crippen LogP contribution in [0.5, 0.6) is 5.75 Å². The zero-order valence-corrected chi connectivity index (χ0v) is 13.7. The smallest absolute Gasteiger partial charge is 0.168 e. The van der Waals surface area contributed by atoms with Crippen LogP contribution in [0.4, 0.5) is 0 Å². The molecule has 0 aliphatic heterocycles. The van der Waals surface area contributed by atoms with Crippen molar-refractivity contribution in [3.8, 4) is 5.75 Å². The predicted molar refractivity (Wildman–Crippen MR) is 83.2 cm³/mol. The fourth-order valence-corrected chi connectivity index (χ4v) is 1.84. The summed E-state index contributed by atoms with van der Waals surface area (Å²) in [6.45, 7) is 6.34. The van der Waals surface area contributed by atoms with Gasteiger partial charge < -0.3 is 9.78 Å². The summed E-state index contributed by atoms with van der Waals surface area (Å²) in [5, 5.41) is 13.5. The number of hydrogen-bond acceptors (Lipinski definition) is 5. The zero-order valence-electron chi connectivity index (χ0n) is 13.7.